The monoisotopic (exact) mass is 532 g/mol. The minimum absolute atomic E-state index is 0.0189. The Kier molecular flexibility index (Phi) is 6.99. The van der Waals surface area contributed by atoms with Crippen LogP contribution in [0.25, 0.3) is 21.8 Å². The third kappa shape index (κ3) is 4.60. The van der Waals surface area contributed by atoms with Crippen molar-refractivity contribution in [2.75, 3.05) is 12.0 Å². The number of nitrogens with zero attached hydrogens (tertiary/aromatic N) is 2. The van der Waals surface area contributed by atoms with E-state index >= 15 is 0 Å². The first-order valence-electron chi connectivity index (χ1n) is 13.8. The van der Waals surface area contributed by atoms with Crippen LogP contribution in [0.3, 0.4) is 0 Å². The molecule has 1 amide bonds. The predicted molar refractivity (Wildman–Crippen MR) is 158 cm³/mol. The highest BCUT2D eigenvalue weighted by Crippen LogP contribution is 2.45. The van der Waals surface area contributed by atoms with Crippen LogP contribution < -0.4 is 9.64 Å². The first-order valence-corrected chi connectivity index (χ1v) is 13.8. The molecule has 2 atom stereocenters. The number of benzene rings is 4. The number of amides is 1. The largest absolute Gasteiger partial charge is 0.497 e. The van der Waals surface area contributed by atoms with Crippen molar-refractivity contribution in [3.05, 3.63) is 108 Å². The van der Waals surface area contributed by atoms with Crippen LogP contribution in [0.2, 0.25) is 0 Å². The average Bonchev–Trinajstić information content (AvgIpc) is 3.33. The molecule has 1 N–H and O–H groups in total. The number of hydrogen-bond acceptors (Lipinski definition) is 3. The van der Waals surface area contributed by atoms with Crippen molar-refractivity contribution in [2.45, 2.75) is 44.2 Å². The van der Waals surface area contributed by atoms with E-state index in [1.165, 1.54) is 21.8 Å². The maximum absolute atomic E-state index is 14.1. The lowest BCUT2D eigenvalue weighted by Crippen LogP contribution is -2.46. The molecule has 0 fully saturated rings. The summed E-state index contributed by atoms with van der Waals surface area (Å²) < 4.78 is 7.74. The summed E-state index contributed by atoms with van der Waals surface area (Å²) in [4.78, 5) is 27.3. The summed E-state index contributed by atoms with van der Waals surface area (Å²) in [5.74, 6) is -0.144. The zero-order valence-corrected chi connectivity index (χ0v) is 22.5. The standard InChI is InChI=1S/C34H32N2O4/c1-40-25-20-18-23(19-21-25)34(39)35-24(10-2-9-17-33(37)38)22-32(28-13-5-8-16-31(28)35)36-29-14-6-3-11-26(29)27-12-4-7-15-30(27)36/h3-8,11-16,18-21,24,32H,2,9-10,17,22H2,1H3,(H,37,38). The van der Waals surface area contributed by atoms with E-state index in [1.807, 2.05) is 47.4 Å². The molecule has 0 saturated carbocycles. The molecule has 6 nitrogen and oxygen atoms in total. The van der Waals surface area contributed by atoms with Gasteiger partial charge in [-0.05, 0) is 67.3 Å². The molecule has 6 heteroatoms. The molecular formula is C34H32N2O4. The van der Waals surface area contributed by atoms with E-state index in [2.05, 4.69) is 59.2 Å². The van der Waals surface area contributed by atoms with Gasteiger partial charge in [-0.1, -0.05) is 61.0 Å². The summed E-state index contributed by atoms with van der Waals surface area (Å²) in [6.45, 7) is 0. The summed E-state index contributed by atoms with van der Waals surface area (Å²) in [5, 5.41) is 11.6. The van der Waals surface area contributed by atoms with Crippen LogP contribution in [0.1, 0.15) is 54.1 Å². The molecule has 2 heterocycles. The fourth-order valence-electron chi connectivity index (χ4n) is 6.26. The summed E-state index contributed by atoms with van der Waals surface area (Å²) >= 11 is 0. The van der Waals surface area contributed by atoms with Gasteiger partial charge in [0, 0.05) is 45.5 Å². The van der Waals surface area contributed by atoms with Gasteiger partial charge in [0.25, 0.3) is 5.91 Å². The van der Waals surface area contributed by atoms with E-state index in [4.69, 9.17) is 4.74 Å². The number of anilines is 1. The third-order valence-electron chi connectivity index (χ3n) is 8.08. The molecule has 202 valence electrons. The molecule has 0 spiro atoms. The van der Waals surface area contributed by atoms with Crippen molar-refractivity contribution in [1.29, 1.82) is 0 Å². The number of carboxylic acids is 1. The number of methoxy groups -OCH3 is 1. The Labute approximate surface area is 233 Å². The Morgan fingerprint density at radius 3 is 2.10 bits per heavy atom. The molecule has 0 bridgehead atoms. The smallest absolute Gasteiger partial charge is 0.303 e. The fourth-order valence-corrected chi connectivity index (χ4v) is 6.26. The lowest BCUT2D eigenvalue weighted by atomic mass is 9.87. The highest BCUT2D eigenvalue weighted by molar-refractivity contribution is 6.09. The molecule has 40 heavy (non-hydrogen) atoms. The van der Waals surface area contributed by atoms with Crippen LogP contribution in [0, 0.1) is 0 Å². The van der Waals surface area contributed by atoms with E-state index in [-0.39, 0.29) is 24.4 Å². The number of carboxylic acid groups (broad SMARTS) is 1. The highest BCUT2D eigenvalue weighted by atomic mass is 16.5. The lowest BCUT2D eigenvalue weighted by molar-refractivity contribution is -0.137. The van der Waals surface area contributed by atoms with Crippen molar-refractivity contribution in [3.8, 4) is 5.75 Å². The second-order valence-corrected chi connectivity index (χ2v) is 10.4. The van der Waals surface area contributed by atoms with Gasteiger partial charge in [0.15, 0.2) is 0 Å². The molecule has 0 aliphatic carbocycles. The van der Waals surface area contributed by atoms with Gasteiger partial charge in [0.05, 0.1) is 13.2 Å². The van der Waals surface area contributed by atoms with E-state index in [0.29, 0.717) is 17.7 Å². The maximum atomic E-state index is 14.1. The number of fused-ring (bicyclic) bond motifs is 4. The fraction of sp³-hybridized carbons (Fsp3) is 0.235. The van der Waals surface area contributed by atoms with Crippen LogP contribution >= 0.6 is 0 Å². The topological polar surface area (TPSA) is 71.8 Å². The Hall–Kier alpha value is -4.58. The van der Waals surface area contributed by atoms with Gasteiger partial charge in [0.2, 0.25) is 0 Å². The first-order chi connectivity index (χ1) is 19.6. The third-order valence-corrected chi connectivity index (χ3v) is 8.08. The van der Waals surface area contributed by atoms with E-state index in [1.54, 1.807) is 7.11 Å². The van der Waals surface area contributed by atoms with Gasteiger partial charge >= 0.3 is 5.97 Å². The Bertz CT molecular complexity index is 1630. The van der Waals surface area contributed by atoms with E-state index in [9.17, 15) is 14.7 Å². The maximum Gasteiger partial charge on any atom is 0.303 e. The molecule has 0 saturated heterocycles. The van der Waals surface area contributed by atoms with Crippen molar-refractivity contribution in [1.82, 2.24) is 4.57 Å². The Morgan fingerprint density at radius 2 is 1.45 bits per heavy atom. The van der Waals surface area contributed by atoms with Gasteiger partial charge in [-0.3, -0.25) is 9.59 Å². The molecule has 5 aromatic rings. The lowest BCUT2D eigenvalue weighted by Gasteiger charge is -2.42. The summed E-state index contributed by atoms with van der Waals surface area (Å²) in [5.41, 5.74) is 4.95. The number of aliphatic carboxylic acids is 1. The number of carbonyl (C=O) groups excluding carboxylic acids is 1. The van der Waals surface area contributed by atoms with Gasteiger partial charge < -0.3 is 19.3 Å². The molecule has 6 rings (SSSR count). The van der Waals surface area contributed by atoms with Crippen LogP contribution in [-0.2, 0) is 4.79 Å². The second-order valence-electron chi connectivity index (χ2n) is 10.4. The second kappa shape index (κ2) is 10.9. The quantitative estimate of drug-likeness (QED) is 0.211. The van der Waals surface area contributed by atoms with Crippen molar-refractivity contribution >= 4 is 39.4 Å². The molecule has 2 unspecified atom stereocenters. The van der Waals surface area contributed by atoms with E-state index < -0.39 is 5.97 Å². The van der Waals surface area contributed by atoms with Crippen molar-refractivity contribution < 1.29 is 19.4 Å². The normalized spacial score (nSPS) is 16.7. The molecule has 1 aliphatic heterocycles. The highest BCUT2D eigenvalue weighted by Gasteiger charge is 2.37. The van der Waals surface area contributed by atoms with Crippen LogP contribution in [-0.4, -0.2) is 34.7 Å². The predicted octanol–water partition coefficient (Wildman–Crippen LogP) is 7.46. The van der Waals surface area contributed by atoms with Crippen LogP contribution in [0.15, 0.2) is 97.1 Å². The van der Waals surface area contributed by atoms with Crippen LogP contribution in [0.4, 0.5) is 5.69 Å². The molecule has 1 aromatic heterocycles. The number of aromatic nitrogens is 1. The molecule has 4 aromatic carbocycles. The minimum Gasteiger partial charge on any atom is -0.497 e. The number of ether oxygens (including phenoxy) is 1. The number of unbranched alkanes of at least 4 members (excludes halogenated alkanes) is 1. The average molecular weight is 533 g/mol. The first kappa shape index (κ1) is 25.7. The number of para-hydroxylation sites is 3. The minimum atomic E-state index is -0.789. The number of hydrogen-bond donors (Lipinski definition) is 1. The molecular weight excluding hydrogens is 500 g/mol. The summed E-state index contributed by atoms with van der Waals surface area (Å²) in [6, 6.07) is 32.4. The zero-order chi connectivity index (χ0) is 27.6. The molecule has 0 radical (unpaired) electrons. The number of carbonyl (C=O) groups is 2. The Balaban J connectivity index is 1.48. The zero-order valence-electron chi connectivity index (χ0n) is 22.5. The van der Waals surface area contributed by atoms with Gasteiger partial charge in [-0.25, -0.2) is 0 Å². The van der Waals surface area contributed by atoms with E-state index in [0.717, 1.165) is 30.5 Å². The van der Waals surface area contributed by atoms with Gasteiger partial charge in [-0.15, -0.1) is 0 Å². The molecule has 1 aliphatic rings. The van der Waals surface area contributed by atoms with Gasteiger partial charge in [0.1, 0.15) is 5.75 Å². The van der Waals surface area contributed by atoms with Crippen molar-refractivity contribution in [2.24, 2.45) is 0 Å². The van der Waals surface area contributed by atoms with Crippen LogP contribution in [0.5, 0.6) is 5.75 Å². The number of rotatable bonds is 8. The SMILES string of the molecule is COc1ccc(C(=O)N2c3ccccc3C(n3c4ccccc4c4ccccc43)CC2CCCCC(=O)O)cc1. The van der Waals surface area contributed by atoms with Gasteiger partial charge in [-0.2, -0.15) is 0 Å². The summed E-state index contributed by atoms with van der Waals surface area (Å²) in [7, 11) is 1.61. The van der Waals surface area contributed by atoms with Crippen molar-refractivity contribution in [3.63, 3.8) is 0 Å². The summed E-state index contributed by atoms with van der Waals surface area (Å²) in [6.07, 6.45) is 2.89. The Morgan fingerprint density at radius 1 is 0.825 bits per heavy atom.